The van der Waals surface area contributed by atoms with Gasteiger partial charge in [-0.3, -0.25) is 4.79 Å². The molecule has 0 aliphatic carbocycles. The number of nitrogens with zero attached hydrogens (tertiary/aromatic N) is 2. The second-order valence-electron chi connectivity index (χ2n) is 5.19. The Bertz CT molecular complexity index is 705. The highest BCUT2D eigenvalue weighted by atomic mass is 16.5. The molecule has 0 radical (unpaired) electrons. The second-order valence-corrected chi connectivity index (χ2v) is 5.19. The van der Waals surface area contributed by atoms with Crippen molar-refractivity contribution in [1.29, 1.82) is 0 Å². The molecule has 1 amide bonds. The summed E-state index contributed by atoms with van der Waals surface area (Å²) < 4.78 is 12.2. The van der Waals surface area contributed by atoms with Crippen molar-refractivity contribution in [1.82, 2.24) is 9.78 Å². The Morgan fingerprint density at radius 1 is 1.22 bits per heavy atom. The van der Waals surface area contributed by atoms with Gasteiger partial charge >= 0.3 is 0 Å². The normalized spacial score (nSPS) is 11.0. The summed E-state index contributed by atoms with van der Waals surface area (Å²) in [5.41, 5.74) is 0.843. The van der Waals surface area contributed by atoms with Crippen LogP contribution in [-0.2, 0) is 4.79 Å². The third-order valence-electron chi connectivity index (χ3n) is 3.25. The van der Waals surface area contributed by atoms with Gasteiger partial charge in [0, 0.05) is 18.2 Å². The molecule has 0 bridgehead atoms. The minimum atomic E-state index is -0.220. The summed E-state index contributed by atoms with van der Waals surface area (Å²) >= 11 is 0. The Kier molecular flexibility index (Phi) is 5.41. The highest BCUT2D eigenvalue weighted by Crippen LogP contribution is 2.27. The quantitative estimate of drug-likeness (QED) is 0.832. The summed E-state index contributed by atoms with van der Waals surface area (Å²) in [6, 6.07) is 7.40. The summed E-state index contributed by atoms with van der Waals surface area (Å²) in [5.74, 6) is 1.71. The number of rotatable bonds is 6. The van der Waals surface area contributed by atoms with Crippen molar-refractivity contribution in [2.75, 3.05) is 19.5 Å². The average Bonchev–Trinajstić information content (AvgIpc) is 3.00. The van der Waals surface area contributed by atoms with E-state index in [0.717, 1.165) is 5.56 Å². The third kappa shape index (κ3) is 4.12. The van der Waals surface area contributed by atoms with Gasteiger partial charge < -0.3 is 14.8 Å². The zero-order valence-corrected chi connectivity index (χ0v) is 13.7. The summed E-state index contributed by atoms with van der Waals surface area (Å²) in [4.78, 5) is 12.0. The van der Waals surface area contributed by atoms with Gasteiger partial charge in [-0.25, -0.2) is 4.68 Å². The van der Waals surface area contributed by atoms with Crippen molar-refractivity contribution >= 4 is 17.8 Å². The smallest absolute Gasteiger partial charge is 0.249 e. The molecule has 0 atom stereocenters. The molecule has 2 rings (SSSR count). The number of carbonyl (C=O) groups is 1. The summed E-state index contributed by atoms with van der Waals surface area (Å²) in [7, 11) is 3.16. The predicted molar refractivity (Wildman–Crippen MR) is 89.8 cm³/mol. The van der Waals surface area contributed by atoms with Gasteiger partial charge in [-0.1, -0.05) is 6.07 Å². The Hall–Kier alpha value is -2.76. The zero-order valence-electron chi connectivity index (χ0n) is 13.7. The molecule has 23 heavy (non-hydrogen) atoms. The molecule has 1 N–H and O–H groups in total. The molecule has 0 saturated carbocycles. The van der Waals surface area contributed by atoms with E-state index in [-0.39, 0.29) is 11.9 Å². The summed E-state index contributed by atoms with van der Waals surface area (Å²) in [6.07, 6.45) is 4.85. The molecular weight excluding hydrogens is 294 g/mol. The van der Waals surface area contributed by atoms with Crippen LogP contribution in [0.3, 0.4) is 0 Å². The fraction of sp³-hybridized carbons (Fsp3) is 0.294. The van der Waals surface area contributed by atoms with Crippen molar-refractivity contribution in [3.63, 3.8) is 0 Å². The van der Waals surface area contributed by atoms with Crippen LogP contribution in [0.4, 0.5) is 5.82 Å². The molecule has 0 saturated heterocycles. The number of carbonyl (C=O) groups excluding carboxylic acids is 1. The molecule has 0 fully saturated rings. The largest absolute Gasteiger partial charge is 0.493 e. The van der Waals surface area contributed by atoms with Gasteiger partial charge in [0.05, 0.1) is 20.4 Å². The number of methoxy groups -OCH3 is 2. The highest BCUT2D eigenvalue weighted by molar-refractivity contribution is 6.01. The van der Waals surface area contributed by atoms with E-state index in [0.29, 0.717) is 17.3 Å². The van der Waals surface area contributed by atoms with Gasteiger partial charge in [0.25, 0.3) is 0 Å². The first-order valence-electron chi connectivity index (χ1n) is 7.29. The number of benzene rings is 1. The number of nitrogens with one attached hydrogen (secondary N) is 1. The third-order valence-corrected chi connectivity index (χ3v) is 3.25. The molecule has 0 spiro atoms. The lowest BCUT2D eigenvalue weighted by Crippen LogP contribution is -2.14. The average molecular weight is 315 g/mol. The number of amides is 1. The summed E-state index contributed by atoms with van der Waals surface area (Å²) in [5, 5.41) is 6.99. The lowest BCUT2D eigenvalue weighted by Gasteiger charge is -2.10. The van der Waals surface area contributed by atoms with Crippen LogP contribution in [0.25, 0.3) is 6.08 Å². The van der Waals surface area contributed by atoms with Crippen LogP contribution < -0.4 is 14.8 Å². The van der Waals surface area contributed by atoms with Crippen molar-refractivity contribution in [2.24, 2.45) is 0 Å². The van der Waals surface area contributed by atoms with E-state index in [4.69, 9.17) is 9.47 Å². The highest BCUT2D eigenvalue weighted by Gasteiger charge is 2.08. The van der Waals surface area contributed by atoms with Crippen LogP contribution >= 0.6 is 0 Å². The first kappa shape index (κ1) is 16.6. The van der Waals surface area contributed by atoms with Gasteiger partial charge in [0.2, 0.25) is 5.91 Å². The van der Waals surface area contributed by atoms with Crippen LogP contribution in [0.5, 0.6) is 11.5 Å². The molecule has 1 aromatic carbocycles. The van der Waals surface area contributed by atoms with Gasteiger partial charge in [-0.2, -0.15) is 5.10 Å². The molecule has 1 heterocycles. The minimum absolute atomic E-state index is 0.176. The summed E-state index contributed by atoms with van der Waals surface area (Å²) in [6.45, 7) is 4.00. The molecule has 122 valence electrons. The van der Waals surface area contributed by atoms with Crippen LogP contribution in [0.2, 0.25) is 0 Å². The maximum Gasteiger partial charge on any atom is 0.249 e. The van der Waals surface area contributed by atoms with E-state index in [1.807, 2.05) is 19.9 Å². The van der Waals surface area contributed by atoms with Gasteiger partial charge in [-0.15, -0.1) is 0 Å². The SMILES string of the molecule is COc1ccc(C=CC(=O)Nc2ccnn2C(C)C)cc1OC. The number of aromatic nitrogens is 2. The number of anilines is 1. The Balaban J connectivity index is 2.08. The molecule has 2 aromatic rings. The van der Waals surface area contributed by atoms with E-state index in [9.17, 15) is 4.79 Å². The van der Waals surface area contributed by atoms with E-state index in [1.165, 1.54) is 6.08 Å². The molecule has 0 aliphatic heterocycles. The van der Waals surface area contributed by atoms with Crippen LogP contribution in [0, 0.1) is 0 Å². The van der Waals surface area contributed by atoms with Crippen LogP contribution in [-0.4, -0.2) is 29.9 Å². The van der Waals surface area contributed by atoms with E-state index >= 15 is 0 Å². The fourth-order valence-electron chi connectivity index (χ4n) is 2.12. The van der Waals surface area contributed by atoms with E-state index in [2.05, 4.69) is 10.4 Å². The maximum atomic E-state index is 12.0. The zero-order chi connectivity index (χ0) is 16.8. The van der Waals surface area contributed by atoms with Gasteiger partial charge in [-0.05, 0) is 37.6 Å². The van der Waals surface area contributed by atoms with Crippen molar-refractivity contribution in [3.05, 3.63) is 42.1 Å². The fourth-order valence-corrected chi connectivity index (χ4v) is 2.12. The lowest BCUT2D eigenvalue weighted by molar-refractivity contribution is -0.111. The minimum Gasteiger partial charge on any atom is -0.493 e. The van der Waals surface area contributed by atoms with Gasteiger partial charge in [0.15, 0.2) is 11.5 Å². The van der Waals surface area contributed by atoms with E-state index < -0.39 is 0 Å². The number of ether oxygens (including phenoxy) is 2. The predicted octanol–water partition coefficient (Wildman–Crippen LogP) is 3.13. The first-order chi connectivity index (χ1) is 11.0. The van der Waals surface area contributed by atoms with Gasteiger partial charge in [0.1, 0.15) is 5.82 Å². The molecular formula is C17H21N3O3. The molecule has 6 heteroatoms. The Morgan fingerprint density at radius 3 is 2.61 bits per heavy atom. The Labute approximate surface area is 135 Å². The van der Waals surface area contributed by atoms with Crippen molar-refractivity contribution < 1.29 is 14.3 Å². The first-order valence-corrected chi connectivity index (χ1v) is 7.29. The number of hydrogen-bond acceptors (Lipinski definition) is 4. The molecule has 0 aliphatic rings. The standard InChI is InChI=1S/C17H21N3O3/c1-12(2)20-16(9-10-18-20)19-17(21)8-6-13-5-7-14(22-3)15(11-13)23-4/h5-12H,1-4H3,(H,19,21). The van der Waals surface area contributed by atoms with Crippen LogP contribution in [0.15, 0.2) is 36.5 Å². The van der Waals surface area contributed by atoms with Crippen molar-refractivity contribution in [2.45, 2.75) is 19.9 Å². The van der Waals surface area contributed by atoms with E-state index in [1.54, 1.807) is 49.4 Å². The maximum absolute atomic E-state index is 12.0. The molecule has 1 aromatic heterocycles. The number of hydrogen-bond donors (Lipinski definition) is 1. The van der Waals surface area contributed by atoms with Crippen LogP contribution in [0.1, 0.15) is 25.5 Å². The molecule has 6 nitrogen and oxygen atoms in total. The lowest BCUT2D eigenvalue weighted by atomic mass is 10.2. The second kappa shape index (κ2) is 7.49. The monoisotopic (exact) mass is 315 g/mol. The van der Waals surface area contributed by atoms with Crippen molar-refractivity contribution in [3.8, 4) is 11.5 Å². The molecule has 0 unspecified atom stereocenters. The topological polar surface area (TPSA) is 65.4 Å². The Morgan fingerprint density at radius 2 is 1.96 bits per heavy atom.